The van der Waals surface area contributed by atoms with E-state index in [-0.39, 0.29) is 6.04 Å². The summed E-state index contributed by atoms with van der Waals surface area (Å²) in [7, 11) is 1.90. The highest BCUT2D eigenvalue weighted by Gasteiger charge is 2.05. The van der Waals surface area contributed by atoms with Crippen LogP contribution in [0.4, 0.5) is 0 Å². The fourth-order valence-electron chi connectivity index (χ4n) is 0.893. The molecule has 11 heavy (non-hydrogen) atoms. The minimum Gasteiger partial charge on any atom is -0.313 e. The van der Waals surface area contributed by atoms with Crippen molar-refractivity contribution in [1.82, 2.24) is 10.3 Å². The van der Waals surface area contributed by atoms with Gasteiger partial charge in [-0.05, 0) is 25.6 Å². The first kappa shape index (κ1) is 8.50. The maximum Gasteiger partial charge on any atom is 0.0636 e. The highest BCUT2D eigenvalue weighted by atomic mass is 35.5. The minimum atomic E-state index is 0.283. The van der Waals surface area contributed by atoms with E-state index in [1.807, 2.05) is 13.1 Å². The second-order valence-corrected chi connectivity index (χ2v) is 2.81. The lowest BCUT2D eigenvalue weighted by molar-refractivity contribution is 0.651. The SMILES string of the molecule is CNC(C)c1ccncc1Cl. The lowest BCUT2D eigenvalue weighted by Gasteiger charge is -2.10. The maximum atomic E-state index is 5.90. The van der Waals surface area contributed by atoms with Crippen LogP contribution in [0, 0.1) is 0 Å². The number of hydrogen-bond acceptors (Lipinski definition) is 2. The summed E-state index contributed by atoms with van der Waals surface area (Å²) in [5, 5.41) is 3.83. The number of nitrogens with zero attached hydrogens (tertiary/aromatic N) is 1. The molecule has 0 saturated heterocycles. The Morgan fingerprint density at radius 3 is 2.91 bits per heavy atom. The van der Waals surface area contributed by atoms with Crippen LogP contribution in [0.2, 0.25) is 5.02 Å². The third-order valence-electron chi connectivity index (χ3n) is 1.70. The van der Waals surface area contributed by atoms with E-state index in [2.05, 4.69) is 17.2 Å². The van der Waals surface area contributed by atoms with Crippen LogP contribution in [0.3, 0.4) is 0 Å². The van der Waals surface area contributed by atoms with Crippen molar-refractivity contribution in [2.24, 2.45) is 0 Å². The first-order chi connectivity index (χ1) is 5.25. The number of nitrogens with one attached hydrogen (secondary N) is 1. The van der Waals surface area contributed by atoms with Crippen LogP contribution in [-0.2, 0) is 0 Å². The van der Waals surface area contributed by atoms with Crippen molar-refractivity contribution in [3.63, 3.8) is 0 Å². The van der Waals surface area contributed by atoms with Gasteiger partial charge in [-0.3, -0.25) is 4.98 Å². The quantitative estimate of drug-likeness (QED) is 0.735. The van der Waals surface area contributed by atoms with Gasteiger partial charge in [-0.2, -0.15) is 0 Å². The topological polar surface area (TPSA) is 24.9 Å². The van der Waals surface area contributed by atoms with Crippen LogP contribution < -0.4 is 5.32 Å². The molecule has 0 aliphatic rings. The Balaban J connectivity index is 2.93. The van der Waals surface area contributed by atoms with Crippen molar-refractivity contribution in [3.05, 3.63) is 29.0 Å². The average Bonchev–Trinajstić information content (AvgIpc) is 2.04. The number of pyridine rings is 1. The normalized spacial score (nSPS) is 13.0. The summed E-state index contributed by atoms with van der Waals surface area (Å²) in [6.07, 6.45) is 3.40. The highest BCUT2D eigenvalue weighted by Crippen LogP contribution is 2.20. The van der Waals surface area contributed by atoms with Gasteiger partial charge in [0.25, 0.3) is 0 Å². The summed E-state index contributed by atoms with van der Waals surface area (Å²) >= 11 is 5.90. The van der Waals surface area contributed by atoms with Gasteiger partial charge in [-0.1, -0.05) is 11.6 Å². The second kappa shape index (κ2) is 3.69. The van der Waals surface area contributed by atoms with Crippen LogP contribution in [0.25, 0.3) is 0 Å². The van der Waals surface area contributed by atoms with Crippen LogP contribution in [0.15, 0.2) is 18.5 Å². The Kier molecular flexibility index (Phi) is 2.85. The van der Waals surface area contributed by atoms with Gasteiger partial charge < -0.3 is 5.32 Å². The van der Waals surface area contributed by atoms with E-state index in [9.17, 15) is 0 Å². The molecule has 1 aromatic heterocycles. The van der Waals surface area contributed by atoms with E-state index in [0.717, 1.165) is 5.56 Å². The fourth-order valence-corrected chi connectivity index (χ4v) is 1.18. The van der Waals surface area contributed by atoms with E-state index in [4.69, 9.17) is 11.6 Å². The van der Waals surface area contributed by atoms with Crippen molar-refractivity contribution in [3.8, 4) is 0 Å². The zero-order valence-corrected chi connectivity index (χ0v) is 7.39. The summed E-state index contributed by atoms with van der Waals surface area (Å²) in [5.74, 6) is 0. The summed E-state index contributed by atoms with van der Waals surface area (Å²) in [6, 6.07) is 2.20. The van der Waals surface area contributed by atoms with E-state index < -0.39 is 0 Å². The number of hydrogen-bond donors (Lipinski definition) is 1. The Labute approximate surface area is 71.6 Å². The van der Waals surface area contributed by atoms with Gasteiger partial charge in [0.1, 0.15) is 0 Å². The van der Waals surface area contributed by atoms with Gasteiger partial charge >= 0.3 is 0 Å². The summed E-state index contributed by atoms with van der Waals surface area (Å²) < 4.78 is 0. The predicted octanol–water partition coefficient (Wildman–Crippen LogP) is 2.02. The number of rotatable bonds is 2. The molecule has 0 aliphatic carbocycles. The Morgan fingerprint density at radius 2 is 2.36 bits per heavy atom. The molecular formula is C8H11ClN2. The zero-order valence-electron chi connectivity index (χ0n) is 6.63. The largest absolute Gasteiger partial charge is 0.313 e. The molecule has 0 aromatic carbocycles. The molecule has 3 heteroatoms. The monoisotopic (exact) mass is 170 g/mol. The molecule has 1 rings (SSSR count). The zero-order chi connectivity index (χ0) is 8.27. The lowest BCUT2D eigenvalue weighted by Crippen LogP contribution is -2.12. The molecule has 2 nitrogen and oxygen atoms in total. The lowest BCUT2D eigenvalue weighted by atomic mass is 10.1. The molecule has 1 N–H and O–H groups in total. The van der Waals surface area contributed by atoms with Gasteiger partial charge in [-0.15, -0.1) is 0 Å². The third-order valence-corrected chi connectivity index (χ3v) is 2.02. The predicted molar refractivity (Wildman–Crippen MR) is 46.7 cm³/mol. The van der Waals surface area contributed by atoms with Crippen molar-refractivity contribution < 1.29 is 0 Å². The van der Waals surface area contributed by atoms with Crippen LogP contribution >= 0.6 is 11.6 Å². The molecule has 1 aromatic rings. The first-order valence-corrected chi connectivity index (χ1v) is 3.90. The maximum absolute atomic E-state index is 5.90. The summed E-state index contributed by atoms with van der Waals surface area (Å²) in [6.45, 7) is 2.06. The molecule has 60 valence electrons. The van der Waals surface area contributed by atoms with Crippen molar-refractivity contribution in [2.75, 3.05) is 7.05 Å². The summed E-state index contributed by atoms with van der Waals surface area (Å²) in [4.78, 5) is 3.90. The second-order valence-electron chi connectivity index (χ2n) is 2.41. The highest BCUT2D eigenvalue weighted by molar-refractivity contribution is 6.31. The molecule has 0 fully saturated rings. The molecule has 0 aliphatic heterocycles. The molecule has 1 atom stereocenters. The van der Waals surface area contributed by atoms with Crippen LogP contribution in [-0.4, -0.2) is 12.0 Å². The molecule has 0 saturated carbocycles. The van der Waals surface area contributed by atoms with Crippen molar-refractivity contribution >= 4 is 11.6 Å². The Morgan fingerprint density at radius 1 is 1.64 bits per heavy atom. The first-order valence-electron chi connectivity index (χ1n) is 3.52. The molecule has 0 radical (unpaired) electrons. The van der Waals surface area contributed by atoms with Gasteiger partial charge in [0.15, 0.2) is 0 Å². The smallest absolute Gasteiger partial charge is 0.0636 e. The molecule has 0 amide bonds. The van der Waals surface area contributed by atoms with Crippen LogP contribution in [0.5, 0.6) is 0 Å². The molecule has 0 spiro atoms. The number of aromatic nitrogens is 1. The van der Waals surface area contributed by atoms with Crippen molar-refractivity contribution in [1.29, 1.82) is 0 Å². The van der Waals surface area contributed by atoms with E-state index in [1.165, 1.54) is 0 Å². The standard InChI is InChI=1S/C8H11ClN2/c1-6(10-2)7-3-4-11-5-8(7)9/h3-6,10H,1-2H3. The Hall–Kier alpha value is -0.600. The van der Waals surface area contributed by atoms with Gasteiger partial charge in [0.05, 0.1) is 5.02 Å². The molecule has 1 unspecified atom stereocenters. The minimum absolute atomic E-state index is 0.283. The average molecular weight is 171 g/mol. The molecule has 1 heterocycles. The fraction of sp³-hybridized carbons (Fsp3) is 0.375. The molecular weight excluding hydrogens is 160 g/mol. The summed E-state index contributed by atoms with van der Waals surface area (Å²) in [5.41, 5.74) is 1.09. The van der Waals surface area contributed by atoms with Gasteiger partial charge in [0.2, 0.25) is 0 Å². The van der Waals surface area contributed by atoms with Crippen molar-refractivity contribution in [2.45, 2.75) is 13.0 Å². The van der Waals surface area contributed by atoms with Gasteiger partial charge in [0, 0.05) is 18.4 Å². The van der Waals surface area contributed by atoms with Gasteiger partial charge in [-0.25, -0.2) is 0 Å². The molecule has 0 bridgehead atoms. The van der Waals surface area contributed by atoms with E-state index in [1.54, 1.807) is 12.4 Å². The Bertz CT molecular complexity index is 237. The number of halogens is 1. The van der Waals surface area contributed by atoms with E-state index in [0.29, 0.717) is 5.02 Å². The third kappa shape index (κ3) is 1.91. The van der Waals surface area contributed by atoms with E-state index >= 15 is 0 Å². The van der Waals surface area contributed by atoms with Crippen LogP contribution in [0.1, 0.15) is 18.5 Å².